The molecular formula is C27H23N3. The van der Waals surface area contributed by atoms with Crippen LogP contribution in [0.2, 0.25) is 0 Å². The predicted molar refractivity (Wildman–Crippen MR) is 120 cm³/mol. The maximum atomic E-state index is 9.36. The second-order valence-corrected chi connectivity index (χ2v) is 7.70. The van der Waals surface area contributed by atoms with E-state index in [1.807, 2.05) is 30.5 Å². The molecule has 0 N–H and O–H groups in total. The van der Waals surface area contributed by atoms with Gasteiger partial charge in [-0.1, -0.05) is 48.5 Å². The Bertz CT molecular complexity index is 1180. The smallest absolute Gasteiger partial charge is 0.192 e. The summed E-state index contributed by atoms with van der Waals surface area (Å²) in [6, 6.07) is 24.9. The molecule has 3 heteroatoms. The summed E-state index contributed by atoms with van der Waals surface area (Å²) >= 11 is 0. The average Bonchev–Trinajstić information content (AvgIpc) is 2.83. The minimum Gasteiger partial charge on any atom is -0.192 e. The fourth-order valence-electron chi connectivity index (χ4n) is 4.25. The van der Waals surface area contributed by atoms with Gasteiger partial charge in [0, 0.05) is 5.56 Å². The van der Waals surface area contributed by atoms with Crippen molar-refractivity contribution in [2.75, 3.05) is 0 Å². The molecule has 0 heterocycles. The lowest BCUT2D eigenvalue weighted by molar-refractivity contribution is 0.730. The van der Waals surface area contributed by atoms with Crippen LogP contribution in [0.1, 0.15) is 47.1 Å². The number of benzene rings is 3. The first-order valence-corrected chi connectivity index (χ1v) is 10.4. The lowest BCUT2D eigenvalue weighted by Crippen LogP contribution is -2.07. The molecule has 3 nitrogen and oxygen atoms in total. The van der Waals surface area contributed by atoms with Gasteiger partial charge < -0.3 is 0 Å². The van der Waals surface area contributed by atoms with Crippen LogP contribution < -0.4 is 0 Å². The minimum atomic E-state index is 0.645. The van der Waals surface area contributed by atoms with Gasteiger partial charge in [0.1, 0.15) is 0 Å². The molecule has 0 spiro atoms. The van der Waals surface area contributed by atoms with Gasteiger partial charge in [0.2, 0.25) is 6.19 Å². The molecule has 3 aromatic rings. The maximum absolute atomic E-state index is 9.36. The van der Waals surface area contributed by atoms with Crippen LogP contribution in [-0.2, 0) is 19.3 Å². The third-order valence-corrected chi connectivity index (χ3v) is 5.82. The standard InChI is InChI=1S/C27H23N3/c28-18-20-6-5-11-24(16-20)25-13-12-23-10-4-3-8-21-7-1-2-9-22(21)14-15-27(30-19-29)26(23)17-25/h1-2,5-7,9,11-13,16-17H,3-4,8,10,14-15H2. The Kier molecular flexibility index (Phi) is 6.02. The lowest BCUT2D eigenvalue weighted by Gasteiger charge is -2.14. The zero-order valence-electron chi connectivity index (χ0n) is 16.9. The van der Waals surface area contributed by atoms with Gasteiger partial charge in [-0.05, 0) is 84.5 Å². The Morgan fingerprint density at radius 3 is 2.17 bits per heavy atom. The van der Waals surface area contributed by atoms with E-state index in [-0.39, 0.29) is 0 Å². The molecule has 4 rings (SSSR count). The molecule has 0 saturated heterocycles. The van der Waals surface area contributed by atoms with E-state index in [0.29, 0.717) is 5.56 Å². The minimum absolute atomic E-state index is 0.645. The summed E-state index contributed by atoms with van der Waals surface area (Å²) in [7, 11) is 0. The maximum Gasteiger partial charge on any atom is 0.205 e. The van der Waals surface area contributed by atoms with Crippen molar-refractivity contribution in [1.29, 1.82) is 10.5 Å². The summed E-state index contributed by atoms with van der Waals surface area (Å²) in [4.78, 5) is 4.24. The van der Waals surface area contributed by atoms with Crippen molar-refractivity contribution >= 4 is 5.71 Å². The largest absolute Gasteiger partial charge is 0.205 e. The van der Waals surface area contributed by atoms with E-state index in [1.165, 1.54) is 16.7 Å². The van der Waals surface area contributed by atoms with Crippen molar-refractivity contribution in [3.05, 3.63) is 94.5 Å². The first kappa shape index (κ1) is 19.6. The molecule has 3 aromatic carbocycles. The van der Waals surface area contributed by atoms with E-state index in [1.54, 1.807) is 0 Å². The quantitative estimate of drug-likeness (QED) is 0.479. The van der Waals surface area contributed by atoms with E-state index < -0.39 is 0 Å². The molecule has 0 atom stereocenters. The highest BCUT2D eigenvalue weighted by Gasteiger charge is 2.15. The molecule has 1 aliphatic rings. The molecule has 0 radical (unpaired) electrons. The number of hydrogen-bond donors (Lipinski definition) is 0. The first-order chi connectivity index (χ1) is 14.8. The highest BCUT2D eigenvalue weighted by Crippen LogP contribution is 2.27. The van der Waals surface area contributed by atoms with Crippen LogP contribution in [0.4, 0.5) is 0 Å². The zero-order chi connectivity index (χ0) is 20.8. The molecule has 0 unspecified atom stereocenters. The Balaban J connectivity index is 1.77. The molecule has 0 saturated carbocycles. The fraction of sp³-hybridized carbons (Fsp3) is 0.222. The van der Waals surface area contributed by atoms with E-state index in [9.17, 15) is 10.5 Å². The molecular weight excluding hydrogens is 366 g/mol. The van der Waals surface area contributed by atoms with Crippen LogP contribution in [0.3, 0.4) is 0 Å². The van der Waals surface area contributed by atoms with Crippen molar-refractivity contribution in [2.45, 2.75) is 38.5 Å². The van der Waals surface area contributed by atoms with Crippen molar-refractivity contribution in [3.63, 3.8) is 0 Å². The van der Waals surface area contributed by atoms with Crippen molar-refractivity contribution in [1.82, 2.24) is 0 Å². The van der Waals surface area contributed by atoms with Crippen LogP contribution in [-0.4, -0.2) is 5.71 Å². The van der Waals surface area contributed by atoms with Crippen LogP contribution in [0.25, 0.3) is 11.1 Å². The number of aryl methyl sites for hydroxylation is 3. The number of nitriles is 2. The Morgan fingerprint density at radius 1 is 0.667 bits per heavy atom. The third kappa shape index (κ3) is 4.32. The summed E-state index contributed by atoms with van der Waals surface area (Å²) in [5, 5.41) is 18.6. The second-order valence-electron chi connectivity index (χ2n) is 7.70. The highest BCUT2D eigenvalue weighted by atomic mass is 14.7. The summed E-state index contributed by atoms with van der Waals surface area (Å²) in [6.07, 6.45) is 7.95. The van der Waals surface area contributed by atoms with Gasteiger partial charge in [-0.15, -0.1) is 0 Å². The fourth-order valence-corrected chi connectivity index (χ4v) is 4.25. The number of nitrogens with zero attached hydrogens (tertiary/aromatic N) is 3. The van der Waals surface area contributed by atoms with Gasteiger partial charge in [-0.3, -0.25) is 0 Å². The van der Waals surface area contributed by atoms with E-state index >= 15 is 0 Å². The van der Waals surface area contributed by atoms with Gasteiger partial charge in [0.05, 0.1) is 17.3 Å². The Hall–Kier alpha value is -3.69. The molecule has 0 bridgehead atoms. The summed E-state index contributed by atoms with van der Waals surface area (Å²) in [5.74, 6) is 0. The van der Waals surface area contributed by atoms with Crippen LogP contribution in [0.15, 0.2) is 71.7 Å². The highest BCUT2D eigenvalue weighted by molar-refractivity contribution is 6.03. The third-order valence-electron chi connectivity index (χ3n) is 5.82. The molecule has 0 aliphatic heterocycles. The van der Waals surface area contributed by atoms with Crippen molar-refractivity contribution in [3.8, 4) is 23.4 Å². The Labute approximate surface area is 178 Å². The Morgan fingerprint density at radius 2 is 1.40 bits per heavy atom. The monoisotopic (exact) mass is 389 g/mol. The van der Waals surface area contributed by atoms with Crippen LogP contribution in [0, 0.1) is 22.8 Å². The van der Waals surface area contributed by atoms with E-state index in [2.05, 4.69) is 53.5 Å². The molecule has 0 amide bonds. The SMILES string of the molecule is N#CN=C1CCc2ccccc2CCCCc2ccc(-c3cccc(C#N)c3)cc21. The lowest BCUT2D eigenvalue weighted by atomic mass is 9.91. The molecule has 1 aliphatic carbocycles. The summed E-state index contributed by atoms with van der Waals surface area (Å²) < 4.78 is 0. The van der Waals surface area contributed by atoms with Crippen molar-refractivity contribution < 1.29 is 0 Å². The van der Waals surface area contributed by atoms with Gasteiger partial charge in [-0.2, -0.15) is 15.5 Å². The average molecular weight is 390 g/mol. The number of fused-ring (bicyclic) bond motifs is 2. The van der Waals surface area contributed by atoms with Gasteiger partial charge in [0.15, 0.2) is 0 Å². The van der Waals surface area contributed by atoms with Crippen LogP contribution in [0.5, 0.6) is 0 Å². The number of aliphatic imine (C=N–C) groups is 1. The molecule has 30 heavy (non-hydrogen) atoms. The van der Waals surface area contributed by atoms with E-state index in [4.69, 9.17) is 0 Å². The normalized spacial score (nSPS) is 15.2. The second kappa shape index (κ2) is 9.21. The molecule has 0 aromatic heterocycles. The summed E-state index contributed by atoms with van der Waals surface area (Å²) in [5.41, 5.74) is 8.62. The van der Waals surface area contributed by atoms with E-state index in [0.717, 1.165) is 60.9 Å². The topological polar surface area (TPSA) is 59.9 Å². The number of rotatable bonds is 1. The van der Waals surface area contributed by atoms with Crippen LogP contribution >= 0.6 is 0 Å². The predicted octanol–water partition coefficient (Wildman–Crippen LogP) is 6.01. The van der Waals surface area contributed by atoms with Gasteiger partial charge in [0.25, 0.3) is 0 Å². The number of hydrogen-bond acceptors (Lipinski definition) is 3. The summed E-state index contributed by atoms with van der Waals surface area (Å²) in [6.45, 7) is 0. The van der Waals surface area contributed by atoms with Crippen molar-refractivity contribution in [2.24, 2.45) is 4.99 Å². The molecule has 146 valence electrons. The van der Waals surface area contributed by atoms with Gasteiger partial charge >= 0.3 is 0 Å². The first-order valence-electron chi connectivity index (χ1n) is 10.4. The zero-order valence-corrected chi connectivity index (χ0v) is 16.9. The van der Waals surface area contributed by atoms with Gasteiger partial charge in [-0.25, -0.2) is 0 Å². The molecule has 0 fully saturated rings.